The predicted octanol–water partition coefficient (Wildman–Crippen LogP) is 0.586. The normalized spacial score (nSPS) is 10.1. The molecule has 2 heterocycles. The fourth-order valence-electron chi connectivity index (χ4n) is 1.34. The molecule has 0 atom stereocenters. The molecule has 0 aliphatic rings. The Hall–Kier alpha value is -2.09. The molecule has 18 heavy (non-hydrogen) atoms. The first-order valence-corrected chi connectivity index (χ1v) is 5.80. The number of rotatable bonds is 2. The second kappa shape index (κ2) is 5.05. The molecule has 0 fully saturated rings. The van der Waals surface area contributed by atoms with Crippen molar-refractivity contribution in [2.45, 2.75) is 0 Å². The maximum Gasteiger partial charge on any atom is 0.287 e. The van der Waals surface area contributed by atoms with Gasteiger partial charge in [0.15, 0.2) is 0 Å². The molecule has 2 rings (SSSR count). The third-order valence-corrected chi connectivity index (χ3v) is 2.69. The molecule has 0 aliphatic carbocycles. The molecule has 2 amide bonds. The van der Waals surface area contributed by atoms with Crippen molar-refractivity contribution < 1.29 is 9.59 Å². The highest BCUT2D eigenvalue weighted by Crippen LogP contribution is 2.09. The minimum absolute atomic E-state index is 0.340. The Morgan fingerprint density at radius 3 is 2.67 bits per heavy atom. The van der Waals surface area contributed by atoms with Crippen LogP contribution in [-0.2, 0) is 7.05 Å². The summed E-state index contributed by atoms with van der Waals surface area (Å²) in [5.74, 6) is -0.870. The topological polar surface area (TPSA) is 91.8 Å². The molecule has 0 aromatic carbocycles. The lowest BCUT2D eigenvalue weighted by atomic mass is 10.4. The Kier molecular flexibility index (Phi) is 3.47. The highest BCUT2D eigenvalue weighted by atomic mass is 79.9. The summed E-state index contributed by atoms with van der Waals surface area (Å²) in [5, 5.41) is 3.86. The third kappa shape index (κ3) is 2.59. The number of hydrogen-bond acceptors (Lipinski definition) is 3. The van der Waals surface area contributed by atoms with E-state index in [1.165, 1.54) is 10.9 Å². The summed E-state index contributed by atoms with van der Waals surface area (Å²) in [4.78, 5) is 26.0. The molecule has 0 spiro atoms. The molecule has 2 aromatic heterocycles. The van der Waals surface area contributed by atoms with Gasteiger partial charge in [0.1, 0.15) is 11.4 Å². The van der Waals surface area contributed by atoms with Crippen LogP contribution in [0, 0.1) is 0 Å². The highest BCUT2D eigenvalue weighted by Gasteiger charge is 2.12. The Balaban J connectivity index is 1.94. The van der Waals surface area contributed by atoms with Crippen molar-refractivity contribution in [3.8, 4) is 0 Å². The number of carbonyl (C=O) groups is 2. The Labute approximate surface area is 111 Å². The maximum absolute atomic E-state index is 11.7. The highest BCUT2D eigenvalue weighted by molar-refractivity contribution is 9.10. The van der Waals surface area contributed by atoms with Gasteiger partial charge in [-0.05, 0) is 28.1 Å². The Morgan fingerprint density at radius 2 is 2.11 bits per heavy atom. The van der Waals surface area contributed by atoms with Gasteiger partial charge >= 0.3 is 0 Å². The second-order valence-corrected chi connectivity index (χ2v) is 4.40. The van der Waals surface area contributed by atoms with E-state index in [1.54, 1.807) is 25.4 Å². The van der Waals surface area contributed by atoms with E-state index in [2.05, 4.69) is 36.9 Å². The molecule has 2 aromatic rings. The van der Waals surface area contributed by atoms with Crippen molar-refractivity contribution in [1.82, 2.24) is 25.6 Å². The Morgan fingerprint density at radius 1 is 1.39 bits per heavy atom. The zero-order chi connectivity index (χ0) is 13.1. The van der Waals surface area contributed by atoms with E-state index in [-0.39, 0.29) is 0 Å². The van der Waals surface area contributed by atoms with Crippen molar-refractivity contribution in [3.63, 3.8) is 0 Å². The molecule has 0 saturated carbocycles. The number of aryl methyl sites for hydroxylation is 1. The minimum Gasteiger partial charge on any atom is -0.356 e. The number of amides is 2. The number of H-pyrrole nitrogens is 1. The zero-order valence-corrected chi connectivity index (χ0v) is 11.0. The van der Waals surface area contributed by atoms with E-state index in [0.29, 0.717) is 11.4 Å². The van der Waals surface area contributed by atoms with Crippen molar-refractivity contribution in [2.75, 3.05) is 0 Å². The molecule has 3 N–H and O–H groups in total. The summed E-state index contributed by atoms with van der Waals surface area (Å²) in [6, 6.07) is 3.15. The summed E-state index contributed by atoms with van der Waals surface area (Å²) in [7, 11) is 1.64. The predicted molar refractivity (Wildman–Crippen MR) is 66.6 cm³/mol. The fraction of sp³-hybridized carbons (Fsp3) is 0.100. The van der Waals surface area contributed by atoms with Crippen molar-refractivity contribution in [2.24, 2.45) is 7.05 Å². The zero-order valence-electron chi connectivity index (χ0n) is 9.40. The summed E-state index contributed by atoms with van der Waals surface area (Å²) < 4.78 is 2.16. The fourth-order valence-corrected chi connectivity index (χ4v) is 1.68. The maximum atomic E-state index is 11.7. The van der Waals surface area contributed by atoms with Gasteiger partial charge in [0.2, 0.25) is 0 Å². The number of hydrazine groups is 1. The number of carbonyl (C=O) groups excluding carboxylic acids is 2. The van der Waals surface area contributed by atoms with Gasteiger partial charge in [0.25, 0.3) is 11.8 Å². The van der Waals surface area contributed by atoms with Crippen LogP contribution in [0.15, 0.2) is 29.0 Å². The van der Waals surface area contributed by atoms with Crippen molar-refractivity contribution in [1.29, 1.82) is 0 Å². The number of nitrogens with zero attached hydrogens (tertiary/aromatic N) is 2. The van der Waals surface area contributed by atoms with Gasteiger partial charge in [-0.1, -0.05) is 0 Å². The number of aromatic amines is 1. The van der Waals surface area contributed by atoms with Crippen molar-refractivity contribution >= 4 is 27.7 Å². The summed E-state index contributed by atoms with van der Waals surface area (Å²) in [6.45, 7) is 0. The number of hydrogen-bond donors (Lipinski definition) is 3. The van der Waals surface area contributed by atoms with Crippen LogP contribution in [0.2, 0.25) is 0 Å². The number of nitrogens with one attached hydrogen (secondary N) is 3. The van der Waals surface area contributed by atoms with Gasteiger partial charge < -0.3 is 4.98 Å². The molecule has 0 unspecified atom stereocenters. The van der Waals surface area contributed by atoms with Gasteiger partial charge in [-0.25, -0.2) is 0 Å². The van der Waals surface area contributed by atoms with Crippen LogP contribution >= 0.6 is 15.9 Å². The van der Waals surface area contributed by atoms with Gasteiger partial charge in [0, 0.05) is 23.9 Å². The van der Waals surface area contributed by atoms with Crippen LogP contribution in [0.25, 0.3) is 0 Å². The van der Waals surface area contributed by atoms with Crippen LogP contribution < -0.4 is 10.9 Å². The SMILES string of the molecule is Cn1nccc1C(=O)NNC(=O)c1cc(Br)c[nH]1. The third-order valence-electron chi connectivity index (χ3n) is 2.24. The molecular weight excluding hydrogens is 302 g/mol. The largest absolute Gasteiger partial charge is 0.356 e. The first kappa shape index (κ1) is 12.4. The lowest BCUT2D eigenvalue weighted by Gasteiger charge is -2.06. The summed E-state index contributed by atoms with van der Waals surface area (Å²) in [6.07, 6.45) is 3.12. The van der Waals surface area contributed by atoms with E-state index in [1.807, 2.05) is 0 Å². The molecular formula is C10H10BrN5O2. The molecule has 0 radical (unpaired) electrons. The molecule has 0 bridgehead atoms. The minimum atomic E-state index is -0.436. The average molecular weight is 312 g/mol. The first-order chi connectivity index (χ1) is 8.58. The van der Waals surface area contributed by atoms with Gasteiger partial charge in [0.05, 0.1) is 0 Å². The standard InChI is InChI=1S/C10H10BrN5O2/c1-16-8(2-3-13-16)10(18)15-14-9(17)7-4-6(11)5-12-7/h2-5,12H,1H3,(H,14,17)(H,15,18). The van der Waals surface area contributed by atoms with Crippen LogP contribution in [-0.4, -0.2) is 26.6 Å². The van der Waals surface area contributed by atoms with Crippen LogP contribution in [0.3, 0.4) is 0 Å². The molecule has 0 saturated heterocycles. The van der Waals surface area contributed by atoms with E-state index in [9.17, 15) is 9.59 Å². The summed E-state index contributed by atoms with van der Waals surface area (Å²) >= 11 is 3.21. The molecule has 7 nitrogen and oxygen atoms in total. The Bertz CT molecular complexity index is 589. The van der Waals surface area contributed by atoms with Crippen LogP contribution in [0.1, 0.15) is 21.0 Å². The number of halogens is 1. The molecule has 8 heteroatoms. The van der Waals surface area contributed by atoms with Crippen LogP contribution in [0.4, 0.5) is 0 Å². The van der Waals surface area contributed by atoms with E-state index >= 15 is 0 Å². The average Bonchev–Trinajstić information content (AvgIpc) is 2.94. The van der Waals surface area contributed by atoms with Crippen LogP contribution in [0.5, 0.6) is 0 Å². The molecule has 0 aliphatic heterocycles. The quantitative estimate of drug-likeness (QED) is 0.709. The van der Waals surface area contributed by atoms with Gasteiger partial charge in [-0.2, -0.15) is 5.10 Å². The summed E-state index contributed by atoms with van der Waals surface area (Å²) in [5.41, 5.74) is 5.28. The smallest absolute Gasteiger partial charge is 0.287 e. The lowest BCUT2D eigenvalue weighted by Crippen LogP contribution is -2.42. The van der Waals surface area contributed by atoms with E-state index < -0.39 is 11.8 Å². The molecule has 94 valence electrons. The van der Waals surface area contributed by atoms with Gasteiger partial charge in [-0.15, -0.1) is 0 Å². The second-order valence-electron chi connectivity index (χ2n) is 3.48. The van der Waals surface area contributed by atoms with Gasteiger partial charge in [-0.3, -0.25) is 25.1 Å². The van der Waals surface area contributed by atoms with E-state index in [0.717, 1.165) is 4.47 Å². The monoisotopic (exact) mass is 311 g/mol. The number of aromatic nitrogens is 3. The van der Waals surface area contributed by atoms with E-state index in [4.69, 9.17) is 0 Å². The first-order valence-electron chi connectivity index (χ1n) is 5.00. The lowest BCUT2D eigenvalue weighted by molar-refractivity contribution is 0.0839. The van der Waals surface area contributed by atoms with Crippen molar-refractivity contribution in [3.05, 3.63) is 40.4 Å².